The van der Waals surface area contributed by atoms with Crippen LogP contribution >= 0.6 is 11.3 Å². The molecular formula is C27H28N2O3S. The number of carbonyl (C=O) groups is 2. The van der Waals surface area contributed by atoms with E-state index in [1.54, 1.807) is 16.2 Å². The highest BCUT2D eigenvalue weighted by molar-refractivity contribution is 7.10. The summed E-state index contributed by atoms with van der Waals surface area (Å²) in [5.41, 5.74) is 2.92. The van der Waals surface area contributed by atoms with Gasteiger partial charge in [0.1, 0.15) is 18.9 Å². The molecule has 5 rings (SSSR count). The van der Waals surface area contributed by atoms with Crippen LogP contribution in [0.25, 0.3) is 0 Å². The minimum absolute atomic E-state index is 0.0131. The number of amides is 2. The molecule has 1 aliphatic heterocycles. The van der Waals surface area contributed by atoms with Gasteiger partial charge >= 0.3 is 0 Å². The zero-order valence-corrected chi connectivity index (χ0v) is 19.6. The van der Waals surface area contributed by atoms with Gasteiger partial charge in [0.05, 0.1) is 6.04 Å². The molecule has 3 aromatic rings. The second-order valence-electron chi connectivity index (χ2n) is 8.81. The van der Waals surface area contributed by atoms with Gasteiger partial charge in [-0.1, -0.05) is 35.9 Å². The number of benzene rings is 2. The van der Waals surface area contributed by atoms with E-state index in [0.29, 0.717) is 18.7 Å². The molecule has 6 heteroatoms. The molecule has 1 atom stereocenters. The molecule has 1 aliphatic carbocycles. The lowest BCUT2D eigenvalue weighted by Crippen LogP contribution is -2.48. The van der Waals surface area contributed by atoms with Gasteiger partial charge in [0.25, 0.3) is 5.91 Å². The monoisotopic (exact) mass is 460 g/mol. The van der Waals surface area contributed by atoms with Gasteiger partial charge in [0.2, 0.25) is 5.91 Å². The summed E-state index contributed by atoms with van der Waals surface area (Å²) in [6.45, 7) is 3.16. The van der Waals surface area contributed by atoms with Crippen LogP contribution in [0.5, 0.6) is 5.75 Å². The number of thiophene rings is 1. The van der Waals surface area contributed by atoms with Crippen LogP contribution in [-0.4, -0.2) is 47.4 Å². The summed E-state index contributed by atoms with van der Waals surface area (Å²) >= 11 is 1.74. The number of nitrogens with zero attached hydrogens (tertiary/aromatic N) is 2. The maximum absolute atomic E-state index is 13.6. The Morgan fingerprint density at radius 1 is 1.06 bits per heavy atom. The normalized spacial score (nSPS) is 17.4. The van der Waals surface area contributed by atoms with Gasteiger partial charge in [-0.05, 0) is 67.5 Å². The molecule has 5 nitrogen and oxygen atoms in total. The van der Waals surface area contributed by atoms with Gasteiger partial charge in [-0.15, -0.1) is 11.3 Å². The maximum Gasteiger partial charge on any atom is 0.254 e. The van der Waals surface area contributed by atoms with Crippen LogP contribution in [-0.2, 0) is 11.2 Å². The molecule has 2 aliphatic rings. The Morgan fingerprint density at radius 2 is 1.82 bits per heavy atom. The fourth-order valence-corrected chi connectivity index (χ4v) is 5.35. The first kappa shape index (κ1) is 21.7. The van der Waals surface area contributed by atoms with Crippen LogP contribution in [0.15, 0.2) is 66.0 Å². The first-order valence-electron chi connectivity index (χ1n) is 11.5. The third-order valence-corrected chi connectivity index (χ3v) is 7.42. The second-order valence-corrected chi connectivity index (χ2v) is 9.81. The fraction of sp³-hybridized carbons (Fsp3) is 0.333. The predicted octanol–water partition coefficient (Wildman–Crippen LogP) is 4.87. The van der Waals surface area contributed by atoms with Gasteiger partial charge in [-0.3, -0.25) is 9.59 Å². The predicted molar refractivity (Wildman–Crippen MR) is 130 cm³/mol. The molecule has 2 amide bonds. The Labute approximate surface area is 198 Å². The topological polar surface area (TPSA) is 49.9 Å². The molecule has 1 aromatic heterocycles. The van der Waals surface area contributed by atoms with Crippen molar-refractivity contribution in [1.29, 1.82) is 0 Å². The number of hydrogen-bond donors (Lipinski definition) is 0. The van der Waals surface area contributed by atoms with Gasteiger partial charge in [0.15, 0.2) is 0 Å². The van der Waals surface area contributed by atoms with Crippen LogP contribution in [0.1, 0.15) is 45.2 Å². The van der Waals surface area contributed by atoms with E-state index in [1.807, 2.05) is 66.4 Å². The first-order valence-corrected chi connectivity index (χ1v) is 12.4. The van der Waals surface area contributed by atoms with E-state index in [0.717, 1.165) is 30.6 Å². The molecule has 0 saturated heterocycles. The number of para-hydroxylation sites is 1. The second kappa shape index (κ2) is 9.40. The van der Waals surface area contributed by atoms with E-state index in [4.69, 9.17) is 4.74 Å². The number of hydrogen-bond acceptors (Lipinski definition) is 4. The molecule has 0 spiro atoms. The Balaban J connectivity index is 1.34. The Hall–Kier alpha value is -3.12. The number of ether oxygens (including phenoxy) is 1. The van der Waals surface area contributed by atoms with Crippen LogP contribution < -0.4 is 4.74 Å². The molecule has 0 radical (unpaired) electrons. The summed E-state index contributed by atoms with van der Waals surface area (Å²) in [4.78, 5) is 31.8. The highest BCUT2D eigenvalue weighted by Crippen LogP contribution is 2.35. The Bertz CT molecular complexity index is 1120. The lowest BCUT2D eigenvalue weighted by atomic mass is 10.0. The van der Waals surface area contributed by atoms with Gasteiger partial charge in [0, 0.05) is 23.0 Å². The Morgan fingerprint density at radius 3 is 2.55 bits per heavy atom. The third-order valence-electron chi connectivity index (χ3n) is 6.42. The average molecular weight is 461 g/mol. The summed E-state index contributed by atoms with van der Waals surface area (Å²) in [6.07, 6.45) is 2.76. The molecule has 0 N–H and O–H groups in total. The number of carbonyl (C=O) groups excluding carboxylic acids is 2. The lowest BCUT2D eigenvalue weighted by Gasteiger charge is -2.37. The first-order chi connectivity index (χ1) is 16.1. The fourth-order valence-electron chi connectivity index (χ4n) is 4.42. The molecule has 1 unspecified atom stereocenters. The minimum atomic E-state index is -0.150. The van der Waals surface area contributed by atoms with Crippen molar-refractivity contribution in [3.8, 4) is 5.75 Å². The Kier molecular flexibility index (Phi) is 6.18. The van der Waals surface area contributed by atoms with Crippen molar-refractivity contribution in [3.63, 3.8) is 0 Å². The van der Waals surface area contributed by atoms with Crippen molar-refractivity contribution >= 4 is 23.2 Å². The quantitative estimate of drug-likeness (QED) is 0.506. The van der Waals surface area contributed by atoms with Crippen molar-refractivity contribution in [2.24, 2.45) is 0 Å². The summed E-state index contributed by atoms with van der Waals surface area (Å²) in [5.74, 6) is 0.721. The molecule has 1 fully saturated rings. The summed E-state index contributed by atoms with van der Waals surface area (Å²) in [5, 5.41) is 2.09. The zero-order chi connectivity index (χ0) is 22.8. The van der Waals surface area contributed by atoms with Crippen molar-refractivity contribution < 1.29 is 14.3 Å². The van der Waals surface area contributed by atoms with E-state index >= 15 is 0 Å². The summed E-state index contributed by atoms with van der Waals surface area (Å²) in [6, 6.07) is 19.4. The molecule has 0 bridgehead atoms. The number of fused-ring (bicyclic) bond motifs is 1. The highest BCUT2D eigenvalue weighted by Gasteiger charge is 2.38. The minimum Gasteiger partial charge on any atom is -0.491 e. The molecule has 33 heavy (non-hydrogen) atoms. The van der Waals surface area contributed by atoms with Crippen LogP contribution in [0.3, 0.4) is 0 Å². The van der Waals surface area contributed by atoms with Gasteiger partial charge in [-0.2, -0.15) is 0 Å². The molecule has 1 saturated carbocycles. The smallest absolute Gasteiger partial charge is 0.254 e. The molecule has 2 heterocycles. The van der Waals surface area contributed by atoms with Crippen LogP contribution in [0, 0.1) is 6.92 Å². The van der Waals surface area contributed by atoms with Crippen LogP contribution in [0.4, 0.5) is 0 Å². The molecule has 2 aromatic carbocycles. The van der Waals surface area contributed by atoms with Crippen molar-refractivity contribution in [3.05, 3.63) is 87.6 Å². The van der Waals surface area contributed by atoms with Crippen molar-refractivity contribution in [1.82, 2.24) is 9.80 Å². The SMILES string of the molecule is Cc1ccc(C(=O)N(CC(=O)N2CCc3sccc3C2COc2ccccc2)C2CC2)cc1. The largest absolute Gasteiger partial charge is 0.491 e. The van der Waals surface area contributed by atoms with Gasteiger partial charge in [-0.25, -0.2) is 0 Å². The van der Waals surface area contributed by atoms with E-state index in [1.165, 1.54) is 10.4 Å². The zero-order valence-electron chi connectivity index (χ0n) is 18.8. The lowest BCUT2D eigenvalue weighted by molar-refractivity contribution is -0.135. The van der Waals surface area contributed by atoms with E-state index in [9.17, 15) is 9.59 Å². The number of rotatable bonds is 7. The highest BCUT2D eigenvalue weighted by atomic mass is 32.1. The maximum atomic E-state index is 13.6. The molecule has 170 valence electrons. The molecular weight excluding hydrogens is 432 g/mol. The van der Waals surface area contributed by atoms with E-state index < -0.39 is 0 Å². The van der Waals surface area contributed by atoms with E-state index in [2.05, 4.69) is 11.4 Å². The van der Waals surface area contributed by atoms with Gasteiger partial charge < -0.3 is 14.5 Å². The van der Waals surface area contributed by atoms with Crippen LogP contribution in [0.2, 0.25) is 0 Å². The standard InChI is InChI=1S/C27H28N2O3S/c1-19-7-9-20(10-8-19)27(31)29(21-11-12-21)17-26(30)28-15-13-25-23(14-16-33-25)24(28)18-32-22-5-3-2-4-6-22/h2-10,14,16,21,24H,11-13,15,17-18H2,1H3. The van der Waals surface area contributed by atoms with Crippen molar-refractivity contribution in [2.75, 3.05) is 19.7 Å². The van der Waals surface area contributed by atoms with E-state index in [-0.39, 0.29) is 30.4 Å². The summed E-state index contributed by atoms with van der Waals surface area (Å²) < 4.78 is 6.08. The third kappa shape index (κ3) is 4.81. The van der Waals surface area contributed by atoms with Crippen molar-refractivity contribution in [2.45, 2.75) is 38.3 Å². The number of aryl methyl sites for hydroxylation is 1. The average Bonchev–Trinajstić information content (AvgIpc) is 3.57. The summed E-state index contributed by atoms with van der Waals surface area (Å²) in [7, 11) is 0.